The Balaban J connectivity index is 1.09. The van der Waals surface area contributed by atoms with Gasteiger partial charge in [-0.3, -0.25) is 0 Å². The summed E-state index contributed by atoms with van der Waals surface area (Å²) in [4.78, 5) is 2.45. The van der Waals surface area contributed by atoms with Crippen LogP contribution in [-0.4, -0.2) is 9.13 Å². The van der Waals surface area contributed by atoms with Gasteiger partial charge in [-0.25, -0.2) is 0 Å². The Hall–Kier alpha value is -7.62. The zero-order valence-corrected chi connectivity index (χ0v) is 35.9. The largest absolute Gasteiger partial charge is 0.310 e. The first-order valence-electron chi connectivity index (χ1n) is 22.2. The average molecular weight is 808 g/mol. The maximum Gasteiger partial charge on any atom is 0.0582 e. The average Bonchev–Trinajstić information content (AvgIpc) is 3.83. The van der Waals surface area contributed by atoms with E-state index < -0.39 is 0 Å². The molecule has 13 rings (SSSR count). The normalized spacial score (nSPS) is 14.3. The molecule has 3 heteroatoms. The van der Waals surface area contributed by atoms with Crippen LogP contribution in [0.4, 0.5) is 17.1 Å². The van der Waals surface area contributed by atoms with E-state index in [0.717, 1.165) is 17.1 Å². The lowest BCUT2D eigenvalue weighted by Crippen LogP contribution is -2.26. The molecule has 0 saturated heterocycles. The molecule has 11 aromatic rings. The molecule has 0 atom stereocenters. The summed E-state index contributed by atoms with van der Waals surface area (Å²) < 4.78 is 5.05. The van der Waals surface area contributed by atoms with E-state index in [1.54, 1.807) is 0 Å². The van der Waals surface area contributed by atoms with Crippen LogP contribution in [0.5, 0.6) is 0 Å². The molecule has 4 heterocycles. The second kappa shape index (κ2) is 13.0. The van der Waals surface area contributed by atoms with E-state index in [1.165, 1.54) is 99.5 Å². The van der Waals surface area contributed by atoms with Gasteiger partial charge in [0.1, 0.15) is 0 Å². The summed E-state index contributed by atoms with van der Waals surface area (Å²) in [6.07, 6.45) is 0. The summed E-state index contributed by atoms with van der Waals surface area (Å²) in [6.45, 7) is 9.55. The number of anilines is 3. The number of nitrogens with zero attached hydrogens (tertiary/aromatic N) is 3. The highest BCUT2D eigenvalue weighted by molar-refractivity contribution is 6.16. The molecule has 0 N–H and O–H groups in total. The summed E-state index contributed by atoms with van der Waals surface area (Å²) in [5.41, 5.74) is 20.9. The molecule has 0 fully saturated rings. The van der Waals surface area contributed by atoms with Gasteiger partial charge in [0, 0.05) is 49.4 Å². The van der Waals surface area contributed by atoms with Crippen molar-refractivity contribution in [1.29, 1.82) is 0 Å². The van der Waals surface area contributed by atoms with Gasteiger partial charge >= 0.3 is 0 Å². The smallest absolute Gasteiger partial charge is 0.0582 e. The van der Waals surface area contributed by atoms with Crippen molar-refractivity contribution < 1.29 is 0 Å². The Morgan fingerprint density at radius 2 is 0.714 bits per heavy atom. The van der Waals surface area contributed by atoms with Crippen molar-refractivity contribution >= 4 is 60.7 Å². The fourth-order valence-electron chi connectivity index (χ4n) is 11.3. The SMILES string of the molecule is CC1(C)c2ccccc2-n2c3ccc(N(c4ccccc4)c4ccc5c(c4)c4cc(-c6ccccc6)cc6c4n5-c4ccccc4C6(C)C)cc3c3cc(-c4ccccc4)cc1c32. The van der Waals surface area contributed by atoms with Gasteiger partial charge in [-0.05, 0) is 129 Å². The van der Waals surface area contributed by atoms with Crippen LogP contribution in [0.25, 0.3) is 77.2 Å². The van der Waals surface area contributed by atoms with E-state index in [4.69, 9.17) is 0 Å². The van der Waals surface area contributed by atoms with Gasteiger partial charge < -0.3 is 14.0 Å². The minimum atomic E-state index is -0.186. The van der Waals surface area contributed by atoms with Gasteiger partial charge in [0.15, 0.2) is 0 Å². The van der Waals surface area contributed by atoms with Gasteiger partial charge in [-0.1, -0.05) is 143 Å². The van der Waals surface area contributed by atoms with Crippen molar-refractivity contribution in [2.24, 2.45) is 0 Å². The Morgan fingerprint density at radius 3 is 1.16 bits per heavy atom. The maximum absolute atomic E-state index is 2.52. The van der Waals surface area contributed by atoms with E-state index in [2.05, 4.69) is 242 Å². The summed E-state index contributed by atoms with van der Waals surface area (Å²) in [6, 6.07) is 74.5. The number of rotatable bonds is 5. The van der Waals surface area contributed by atoms with Gasteiger partial charge in [-0.2, -0.15) is 0 Å². The van der Waals surface area contributed by atoms with Crippen molar-refractivity contribution in [3.05, 3.63) is 222 Å². The van der Waals surface area contributed by atoms with Crippen molar-refractivity contribution in [2.45, 2.75) is 38.5 Å². The summed E-state index contributed by atoms with van der Waals surface area (Å²) in [5, 5.41) is 5.04. The third-order valence-corrected chi connectivity index (χ3v) is 14.4. The molecule has 2 aliphatic heterocycles. The first-order chi connectivity index (χ1) is 30.8. The summed E-state index contributed by atoms with van der Waals surface area (Å²) in [5.74, 6) is 0. The van der Waals surface area contributed by atoms with E-state index in [-0.39, 0.29) is 10.8 Å². The molecule has 2 aliphatic rings. The molecule has 0 bridgehead atoms. The van der Waals surface area contributed by atoms with Crippen LogP contribution in [0.2, 0.25) is 0 Å². The Kier molecular flexibility index (Phi) is 7.42. The Bertz CT molecular complexity index is 3440. The molecule has 0 spiro atoms. The van der Waals surface area contributed by atoms with Gasteiger partial charge in [-0.15, -0.1) is 0 Å². The van der Waals surface area contributed by atoms with E-state index in [9.17, 15) is 0 Å². The molecule has 0 amide bonds. The number of fused-ring (bicyclic) bond motifs is 10. The van der Waals surface area contributed by atoms with Crippen molar-refractivity contribution in [1.82, 2.24) is 9.13 Å². The molecule has 300 valence electrons. The fourth-order valence-corrected chi connectivity index (χ4v) is 11.3. The minimum Gasteiger partial charge on any atom is -0.310 e. The van der Waals surface area contributed by atoms with Crippen LogP contribution in [0, 0.1) is 0 Å². The highest BCUT2D eigenvalue weighted by Crippen LogP contribution is 2.52. The molecule has 63 heavy (non-hydrogen) atoms. The highest BCUT2D eigenvalue weighted by Gasteiger charge is 2.37. The zero-order chi connectivity index (χ0) is 42.2. The van der Waals surface area contributed by atoms with Gasteiger partial charge in [0.2, 0.25) is 0 Å². The quantitative estimate of drug-likeness (QED) is 0.169. The molecular formula is C60H45N3. The predicted octanol–water partition coefficient (Wildman–Crippen LogP) is 16.0. The standard InChI is InChI=1S/C60H45N3/c1-59(2)49-24-14-16-26-55(49)62-53-30-28-43(36-45(53)47-32-40(34-51(59)57(47)62)38-18-8-5-9-19-38)61(42-22-12-7-13-23-42)44-29-31-54-46(37-44)48-33-41(39-20-10-6-11-21-39)35-52-58(48)63(54)56-27-17-15-25-50(56)60(52,3)4/h5-37H,1-4H3. The predicted molar refractivity (Wildman–Crippen MR) is 265 cm³/mol. The topological polar surface area (TPSA) is 13.1 Å². The number of aromatic nitrogens is 2. The molecule has 3 nitrogen and oxygen atoms in total. The second-order valence-corrected chi connectivity index (χ2v) is 18.6. The monoisotopic (exact) mass is 807 g/mol. The number of para-hydroxylation sites is 3. The third-order valence-electron chi connectivity index (χ3n) is 14.4. The van der Waals surface area contributed by atoms with Crippen molar-refractivity contribution in [2.75, 3.05) is 4.90 Å². The van der Waals surface area contributed by atoms with E-state index in [0.29, 0.717) is 0 Å². The zero-order valence-electron chi connectivity index (χ0n) is 35.9. The molecule has 0 saturated carbocycles. The molecule has 0 aliphatic carbocycles. The number of hydrogen-bond acceptors (Lipinski definition) is 1. The molecule has 0 radical (unpaired) electrons. The number of benzene rings is 9. The van der Waals surface area contributed by atoms with Gasteiger partial charge in [0.05, 0.1) is 33.4 Å². The molecular weight excluding hydrogens is 763 g/mol. The second-order valence-electron chi connectivity index (χ2n) is 18.6. The van der Waals surface area contributed by atoms with Crippen molar-refractivity contribution in [3.63, 3.8) is 0 Å². The third kappa shape index (κ3) is 5.02. The first kappa shape index (κ1) is 36.1. The van der Waals surface area contributed by atoms with Crippen LogP contribution in [0.3, 0.4) is 0 Å². The molecule has 2 aromatic heterocycles. The lowest BCUT2D eigenvalue weighted by molar-refractivity contribution is 0.630. The van der Waals surface area contributed by atoms with Crippen LogP contribution in [-0.2, 0) is 10.8 Å². The van der Waals surface area contributed by atoms with Crippen LogP contribution in [0.15, 0.2) is 200 Å². The molecule has 9 aromatic carbocycles. The summed E-state index contributed by atoms with van der Waals surface area (Å²) in [7, 11) is 0. The lowest BCUT2D eigenvalue weighted by atomic mass is 9.74. The maximum atomic E-state index is 2.52. The van der Waals surface area contributed by atoms with E-state index in [1.807, 2.05) is 0 Å². The van der Waals surface area contributed by atoms with Crippen LogP contribution in [0.1, 0.15) is 49.9 Å². The van der Waals surface area contributed by atoms with Crippen molar-refractivity contribution in [3.8, 4) is 33.6 Å². The van der Waals surface area contributed by atoms with E-state index >= 15 is 0 Å². The number of hydrogen-bond donors (Lipinski definition) is 0. The summed E-state index contributed by atoms with van der Waals surface area (Å²) >= 11 is 0. The Labute approximate surface area is 367 Å². The minimum absolute atomic E-state index is 0.186. The Morgan fingerprint density at radius 1 is 0.317 bits per heavy atom. The van der Waals surface area contributed by atoms with Crippen LogP contribution >= 0.6 is 0 Å². The van der Waals surface area contributed by atoms with Crippen LogP contribution < -0.4 is 4.90 Å². The lowest BCUT2D eigenvalue weighted by Gasteiger charge is -2.35. The first-order valence-corrected chi connectivity index (χ1v) is 22.2. The van der Waals surface area contributed by atoms with Gasteiger partial charge in [0.25, 0.3) is 0 Å². The highest BCUT2D eigenvalue weighted by atomic mass is 15.1. The molecule has 0 unspecified atom stereocenters. The fraction of sp³-hybridized carbons (Fsp3) is 0.100.